The van der Waals surface area contributed by atoms with Gasteiger partial charge in [-0.1, -0.05) is 26.3 Å². The van der Waals surface area contributed by atoms with Crippen molar-refractivity contribution in [1.29, 1.82) is 0 Å². The van der Waals surface area contributed by atoms with Gasteiger partial charge in [-0.25, -0.2) is 4.79 Å². The summed E-state index contributed by atoms with van der Waals surface area (Å²) in [6.07, 6.45) is 3.78. The minimum Gasteiger partial charge on any atom is -0.463 e. The van der Waals surface area contributed by atoms with Gasteiger partial charge in [-0.15, -0.1) is 0 Å². The number of esters is 2. The van der Waals surface area contributed by atoms with Crippen molar-refractivity contribution in [2.75, 3.05) is 13.2 Å². The topological polar surface area (TPSA) is 52.6 Å². The van der Waals surface area contributed by atoms with Gasteiger partial charge in [0.15, 0.2) is 0 Å². The van der Waals surface area contributed by atoms with Crippen LogP contribution >= 0.6 is 0 Å². The zero-order valence-electron chi connectivity index (χ0n) is 10.2. The highest BCUT2D eigenvalue weighted by atomic mass is 16.5. The Balaban J connectivity index is 4.31. The Labute approximate surface area is 96.6 Å². The molecule has 0 aliphatic heterocycles. The summed E-state index contributed by atoms with van der Waals surface area (Å²) in [7, 11) is 0. The molecule has 0 aromatic heterocycles. The Morgan fingerprint density at radius 3 is 2.31 bits per heavy atom. The first-order valence-corrected chi connectivity index (χ1v) is 5.67. The third-order valence-corrected chi connectivity index (χ3v) is 1.89. The van der Waals surface area contributed by atoms with Gasteiger partial charge in [-0.2, -0.15) is 0 Å². The number of rotatable bonds is 7. The van der Waals surface area contributed by atoms with Crippen molar-refractivity contribution < 1.29 is 19.1 Å². The fourth-order valence-electron chi connectivity index (χ4n) is 1.00. The average Bonchev–Trinajstić information content (AvgIpc) is 2.29. The van der Waals surface area contributed by atoms with Crippen LogP contribution in [0, 0.1) is 0 Å². The number of hydrogen-bond donors (Lipinski definition) is 0. The Kier molecular flexibility index (Phi) is 8.21. The summed E-state index contributed by atoms with van der Waals surface area (Å²) in [6, 6.07) is 0. The van der Waals surface area contributed by atoms with Crippen LogP contribution in [0.15, 0.2) is 11.6 Å². The van der Waals surface area contributed by atoms with E-state index in [0.717, 1.165) is 12.8 Å². The molecular weight excluding hydrogens is 208 g/mol. The van der Waals surface area contributed by atoms with Crippen molar-refractivity contribution >= 4 is 11.9 Å². The summed E-state index contributed by atoms with van der Waals surface area (Å²) in [5.41, 5.74) is 0.422. The van der Waals surface area contributed by atoms with E-state index in [1.807, 2.05) is 6.92 Å². The molecule has 0 saturated heterocycles. The molecule has 0 aromatic rings. The van der Waals surface area contributed by atoms with E-state index in [4.69, 9.17) is 9.47 Å². The van der Waals surface area contributed by atoms with Crippen LogP contribution in [0.4, 0.5) is 0 Å². The summed E-state index contributed by atoms with van der Waals surface area (Å²) in [6.45, 7) is 5.79. The number of hydrogen-bond acceptors (Lipinski definition) is 4. The maximum Gasteiger partial charge on any atom is 0.337 e. The lowest BCUT2D eigenvalue weighted by Crippen LogP contribution is -2.15. The summed E-state index contributed by atoms with van der Waals surface area (Å²) >= 11 is 0. The zero-order chi connectivity index (χ0) is 12.4. The SMILES string of the molecule is CCCC=C(COC(=O)CC)C(=O)OCC. The van der Waals surface area contributed by atoms with E-state index in [9.17, 15) is 9.59 Å². The van der Waals surface area contributed by atoms with Gasteiger partial charge in [0.05, 0.1) is 12.2 Å². The first kappa shape index (κ1) is 14.7. The quantitative estimate of drug-likeness (QED) is 0.495. The van der Waals surface area contributed by atoms with Crippen molar-refractivity contribution in [2.24, 2.45) is 0 Å². The predicted octanol–water partition coefficient (Wildman–Crippen LogP) is 2.23. The smallest absolute Gasteiger partial charge is 0.337 e. The van der Waals surface area contributed by atoms with Gasteiger partial charge in [-0.3, -0.25) is 4.79 Å². The minimum absolute atomic E-state index is 0.00546. The zero-order valence-corrected chi connectivity index (χ0v) is 10.2. The lowest BCUT2D eigenvalue weighted by molar-refractivity contribution is -0.144. The lowest BCUT2D eigenvalue weighted by atomic mass is 10.2. The second-order valence-corrected chi connectivity index (χ2v) is 3.25. The summed E-state index contributed by atoms with van der Waals surface area (Å²) in [5.74, 6) is -0.716. The van der Waals surface area contributed by atoms with Crippen LogP contribution in [0.25, 0.3) is 0 Å². The van der Waals surface area contributed by atoms with Gasteiger partial charge in [0, 0.05) is 6.42 Å². The van der Waals surface area contributed by atoms with Crippen LogP contribution in [-0.2, 0) is 19.1 Å². The van der Waals surface area contributed by atoms with E-state index in [-0.39, 0.29) is 12.6 Å². The van der Waals surface area contributed by atoms with Crippen LogP contribution in [0.5, 0.6) is 0 Å². The van der Waals surface area contributed by atoms with E-state index >= 15 is 0 Å². The minimum atomic E-state index is -0.403. The molecule has 0 N–H and O–H groups in total. The van der Waals surface area contributed by atoms with Gasteiger partial charge < -0.3 is 9.47 Å². The molecule has 0 atom stereocenters. The van der Waals surface area contributed by atoms with Gasteiger partial charge in [0.1, 0.15) is 6.61 Å². The highest BCUT2D eigenvalue weighted by molar-refractivity contribution is 5.89. The van der Waals surface area contributed by atoms with Crippen molar-refractivity contribution in [3.63, 3.8) is 0 Å². The molecule has 0 rings (SSSR count). The number of allylic oxidation sites excluding steroid dienone is 1. The van der Waals surface area contributed by atoms with Crippen molar-refractivity contribution in [2.45, 2.75) is 40.0 Å². The second-order valence-electron chi connectivity index (χ2n) is 3.25. The van der Waals surface area contributed by atoms with E-state index in [0.29, 0.717) is 18.6 Å². The van der Waals surface area contributed by atoms with Crippen molar-refractivity contribution in [3.8, 4) is 0 Å². The fraction of sp³-hybridized carbons (Fsp3) is 0.667. The van der Waals surface area contributed by atoms with E-state index in [2.05, 4.69) is 0 Å². The Morgan fingerprint density at radius 2 is 1.81 bits per heavy atom. The van der Waals surface area contributed by atoms with Crippen LogP contribution < -0.4 is 0 Å². The molecule has 0 aliphatic rings. The molecular formula is C12H20O4. The molecule has 0 heterocycles. The third kappa shape index (κ3) is 6.22. The number of carbonyl (C=O) groups excluding carboxylic acids is 2. The summed E-state index contributed by atoms with van der Waals surface area (Å²) in [5, 5.41) is 0. The van der Waals surface area contributed by atoms with Crippen molar-refractivity contribution in [3.05, 3.63) is 11.6 Å². The molecule has 4 nitrogen and oxygen atoms in total. The highest BCUT2D eigenvalue weighted by Crippen LogP contribution is 2.04. The van der Waals surface area contributed by atoms with E-state index < -0.39 is 5.97 Å². The van der Waals surface area contributed by atoms with Crippen LogP contribution in [0.3, 0.4) is 0 Å². The largest absolute Gasteiger partial charge is 0.463 e. The first-order valence-electron chi connectivity index (χ1n) is 5.67. The third-order valence-electron chi connectivity index (χ3n) is 1.89. The maximum atomic E-state index is 11.5. The number of carbonyl (C=O) groups is 2. The Morgan fingerprint density at radius 1 is 1.12 bits per heavy atom. The van der Waals surface area contributed by atoms with Crippen LogP contribution in [0.2, 0.25) is 0 Å². The molecule has 0 aliphatic carbocycles. The maximum absolute atomic E-state index is 11.5. The lowest BCUT2D eigenvalue weighted by Gasteiger charge is -2.07. The van der Waals surface area contributed by atoms with Gasteiger partial charge in [-0.05, 0) is 13.3 Å². The Hall–Kier alpha value is -1.32. The molecule has 16 heavy (non-hydrogen) atoms. The van der Waals surface area contributed by atoms with E-state index in [1.165, 1.54) is 0 Å². The molecule has 92 valence electrons. The average molecular weight is 228 g/mol. The molecule has 0 aromatic carbocycles. The summed E-state index contributed by atoms with van der Waals surface area (Å²) in [4.78, 5) is 22.4. The first-order chi connectivity index (χ1) is 7.65. The normalized spacial score (nSPS) is 11.1. The highest BCUT2D eigenvalue weighted by Gasteiger charge is 2.12. The molecule has 0 fully saturated rings. The van der Waals surface area contributed by atoms with Crippen LogP contribution in [-0.4, -0.2) is 25.2 Å². The standard InChI is InChI=1S/C12H20O4/c1-4-7-8-10(12(14)15-6-3)9-16-11(13)5-2/h8H,4-7,9H2,1-3H3. The molecule has 4 heteroatoms. The van der Waals surface area contributed by atoms with Gasteiger partial charge in [0.2, 0.25) is 0 Å². The molecule has 0 unspecified atom stereocenters. The molecule has 0 radical (unpaired) electrons. The monoisotopic (exact) mass is 228 g/mol. The fourth-order valence-corrected chi connectivity index (χ4v) is 1.00. The summed E-state index contributed by atoms with van der Waals surface area (Å²) < 4.78 is 9.78. The van der Waals surface area contributed by atoms with Gasteiger partial charge >= 0.3 is 11.9 Å². The molecule has 0 amide bonds. The number of ether oxygens (including phenoxy) is 2. The number of unbranched alkanes of at least 4 members (excludes halogenated alkanes) is 1. The van der Waals surface area contributed by atoms with Crippen molar-refractivity contribution in [1.82, 2.24) is 0 Å². The van der Waals surface area contributed by atoms with Gasteiger partial charge in [0.25, 0.3) is 0 Å². The van der Waals surface area contributed by atoms with Crippen LogP contribution in [0.1, 0.15) is 40.0 Å². The Bertz CT molecular complexity index is 256. The molecule has 0 bridgehead atoms. The molecule has 0 spiro atoms. The second kappa shape index (κ2) is 8.95. The molecule has 0 saturated carbocycles. The predicted molar refractivity (Wildman–Crippen MR) is 60.9 cm³/mol. The van der Waals surface area contributed by atoms with E-state index in [1.54, 1.807) is 19.9 Å².